The molecule has 0 fully saturated rings. The second kappa shape index (κ2) is 12.6. The molecule has 0 radical (unpaired) electrons. The van der Waals surface area contributed by atoms with E-state index in [-0.39, 0.29) is 41.4 Å². The third-order valence-corrected chi connectivity index (χ3v) is 4.21. The zero-order valence-electron chi connectivity index (χ0n) is 18.4. The van der Waals surface area contributed by atoms with Crippen molar-refractivity contribution in [3.8, 4) is 22.7 Å². The molecule has 0 saturated carbocycles. The molecule has 180 valence electrons. The van der Waals surface area contributed by atoms with Crippen LogP contribution in [-0.2, 0) is 0 Å². The summed E-state index contributed by atoms with van der Waals surface area (Å²) in [6, 6.07) is 5.68. The Morgan fingerprint density at radius 1 is 1.27 bits per heavy atom. The van der Waals surface area contributed by atoms with Crippen molar-refractivity contribution in [1.82, 2.24) is 26.1 Å². The van der Waals surface area contributed by atoms with Crippen molar-refractivity contribution in [3.05, 3.63) is 70.0 Å². The lowest BCUT2D eigenvalue weighted by molar-refractivity contribution is 0.0954. The van der Waals surface area contributed by atoms with E-state index in [1.54, 1.807) is 13.0 Å². The predicted molar refractivity (Wildman–Crippen MR) is 128 cm³/mol. The van der Waals surface area contributed by atoms with Crippen molar-refractivity contribution in [3.63, 3.8) is 0 Å². The van der Waals surface area contributed by atoms with Crippen LogP contribution >= 0.6 is 12.6 Å². The van der Waals surface area contributed by atoms with Crippen LogP contribution in [0.2, 0.25) is 0 Å². The lowest BCUT2D eigenvalue weighted by atomic mass is 10.00. The van der Waals surface area contributed by atoms with Crippen LogP contribution in [0.4, 0.5) is 8.78 Å². The van der Waals surface area contributed by atoms with Crippen molar-refractivity contribution in [2.75, 3.05) is 12.9 Å². The lowest BCUT2D eigenvalue weighted by Gasteiger charge is -2.15. The van der Waals surface area contributed by atoms with Gasteiger partial charge in [0.05, 0.1) is 18.9 Å². The van der Waals surface area contributed by atoms with Crippen LogP contribution in [0.25, 0.3) is 16.9 Å². The second-order valence-electron chi connectivity index (χ2n) is 6.40. The number of halogens is 2. The number of methoxy groups -OCH3 is 1. The summed E-state index contributed by atoms with van der Waals surface area (Å²) in [5, 5.41) is 0. The number of hydrogen-bond donors (Lipinski definition) is 4. The van der Waals surface area contributed by atoms with E-state index in [9.17, 15) is 18.4 Å². The summed E-state index contributed by atoms with van der Waals surface area (Å²) in [6.45, 7) is 3.76. The maximum atomic E-state index is 13.2. The molecular formula is C21H28F2N6O3S. The van der Waals surface area contributed by atoms with E-state index in [2.05, 4.69) is 22.6 Å². The van der Waals surface area contributed by atoms with E-state index >= 15 is 0 Å². The minimum Gasteiger partial charge on any atom is -0.494 e. The highest BCUT2D eigenvalue weighted by Gasteiger charge is 2.20. The Kier molecular flexibility index (Phi) is 10.6. The van der Waals surface area contributed by atoms with Gasteiger partial charge in [-0.2, -0.15) is 12.6 Å². The number of ether oxygens (including phenoxy) is 1. The summed E-state index contributed by atoms with van der Waals surface area (Å²) in [4.78, 5) is 32.4. The number of nitrogens with zero attached hydrogens (tertiary/aromatic N) is 3. The molecule has 3 aromatic heterocycles. The summed E-state index contributed by atoms with van der Waals surface area (Å²) < 4.78 is 32.9. The number of alkyl halides is 2. The lowest BCUT2D eigenvalue weighted by Crippen LogP contribution is -2.30. The van der Waals surface area contributed by atoms with Crippen LogP contribution < -0.4 is 27.7 Å². The van der Waals surface area contributed by atoms with Gasteiger partial charge in [0.1, 0.15) is 17.3 Å². The Bertz CT molecular complexity index is 1160. The molecule has 3 heterocycles. The van der Waals surface area contributed by atoms with E-state index < -0.39 is 18.0 Å². The van der Waals surface area contributed by atoms with Crippen LogP contribution in [0.15, 0.2) is 47.7 Å². The molecule has 9 nitrogen and oxygen atoms in total. The number of pyridine rings is 3. The first-order chi connectivity index (χ1) is 15.3. The first-order valence-electron chi connectivity index (χ1n) is 9.41. The van der Waals surface area contributed by atoms with Gasteiger partial charge in [-0.3, -0.25) is 24.6 Å². The van der Waals surface area contributed by atoms with Gasteiger partial charge >= 0.3 is 0 Å². The van der Waals surface area contributed by atoms with Crippen LogP contribution in [0.3, 0.4) is 0 Å². The maximum absolute atomic E-state index is 13.2. The third kappa shape index (κ3) is 6.57. The average Bonchev–Trinajstić information content (AvgIpc) is 2.78. The third-order valence-electron chi connectivity index (χ3n) is 4.21. The molecule has 3 rings (SSSR count). The van der Waals surface area contributed by atoms with Gasteiger partial charge in [-0.05, 0) is 36.4 Å². The average molecular weight is 483 g/mol. The van der Waals surface area contributed by atoms with Gasteiger partial charge in [0.25, 0.3) is 17.9 Å². The Morgan fingerprint density at radius 3 is 2.48 bits per heavy atom. The number of rotatable bonds is 5. The molecule has 0 atom stereocenters. The number of nitrogens with one attached hydrogen (secondary N) is 1. The largest absolute Gasteiger partial charge is 0.494 e. The van der Waals surface area contributed by atoms with Gasteiger partial charge in [0.2, 0.25) is 0 Å². The van der Waals surface area contributed by atoms with E-state index in [1.165, 1.54) is 36.2 Å². The number of nitrogen functional groups attached to an aromatic ring is 1. The molecule has 0 unspecified atom stereocenters. The zero-order valence-corrected chi connectivity index (χ0v) is 19.3. The summed E-state index contributed by atoms with van der Waals surface area (Å²) in [7, 11) is 1.35. The fraction of sp³-hybridized carbons (Fsp3) is 0.238. The highest BCUT2D eigenvalue weighted by Crippen LogP contribution is 2.35. The quantitative estimate of drug-likeness (QED) is 0.188. The minimum absolute atomic E-state index is 0. The molecule has 33 heavy (non-hydrogen) atoms. The molecule has 0 aliphatic heterocycles. The van der Waals surface area contributed by atoms with Crippen molar-refractivity contribution >= 4 is 18.5 Å². The number of amides is 1. The van der Waals surface area contributed by atoms with Crippen LogP contribution in [0, 0.1) is 6.92 Å². The fourth-order valence-corrected chi connectivity index (χ4v) is 2.78. The summed E-state index contributed by atoms with van der Waals surface area (Å²) in [5.41, 5.74) is 2.32. The number of hydrogen-bond acceptors (Lipinski definition) is 8. The molecular weight excluding hydrogens is 454 g/mol. The summed E-state index contributed by atoms with van der Waals surface area (Å²) in [5.74, 6) is 5.85. The van der Waals surface area contributed by atoms with Crippen molar-refractivity contribution in [2.24, 2.45) is 5.84 Å². The van der Waals surface area contributed by atoms with Gasteiger partial charge < -0.3 is 10.9 Å². The summed E-state index contributed by atoms with van der Waals surface area (Å²) in [6.07, 6.45) is 1.05. The minimum atomic E-state index is -2.83. The highest BCUT2D eigenvalue weighted by molar-refractivity contribution is 7.80. The number of aromatic nitrogens is 3. The molecule has 6 N–H and O–H groups in total. The SMILES string of the molecule is CCS.COc1cnc(C(F)F)cc1-c1cc(-n2ccc(C)cc2=O)ncc1C(=O)NN.N.[HH]. The number of carbonyl (C=O) groups excluding carboxylic acids is 1. The maximum Gasteiger partial charge on any atom is 0.280 e. The topological polar surface area (TPSA) is 147 Å². The Balaban J connectivity index is 0.00000207. The molecule has 0 aromatic carbocycles. The van der Waals surface area contributed by atoms with E-state index in [1.807, 2.05) is 12.3 Å². The van der Waals surface area contributed by atoms with E-state index in [0.29, 0.717) is 0 Å². The van der Waals surface area contributed by atoms with Crippen LogP contribution in [-0.4, -0.2) is 33.3 Å². The van der Waals surface area contributed by atoms with Gasteiger partial charge in [-0.15, -0.1) is 0 Å². The van der Waals surface area contributed by atoms with E-state index in [0.717, 1.165) is 23.6 Å². The molecule has 12 heteroatoms. The standard InChI is InChI=1S/C19H17F2N5O3.C2H6S.H3N.H2/c1-10-3-4-26(17(27)5-10)16-7-11(13(8-24-16)19(28)25-22)12-6-14(18(20)21)23-9-15(12)29-2;1-2-3;;/h3-9,18H,22H2,1-2H3,(H,25,28);3H,2H2,1H3;1H3;1H. The summed E-state index contributed by atoms with van der Waals surface area (Å²) >= 11 is 3.79. The highest BCUT2D eigenvalue weighted by atomic mass is 32.1. The molecule has 0 spiro atoms. The predicted octanol–water partition coefficient (Wildman–Crippen LogP) is 3.50. The monoisotopic (exact) mass is 482 g/mol. The number of hydrazine groups is 1. The number of aryl methyl sites for hydroxylation is 1. The van der Waals surface area contributed by atoms with Gasteiger partial charge in [-0.1, -0.05) is 6.92 Å². The second-order valence-corrected chi connectivity index (χ2v) is 7.03. The van der Waals surface area contributed by atoms with Gasteiger partial charge in [0.15, 0.2) is 0 Å². The first kappa shape index (κ1) is 27.7. The number of carbonyl (C=O) groups is 1. The number of thiol groups is 1. The van der Waals surface area contributed by atoms with Gasteiger partial charge in [-0.25, -0.2) is 19.6 Å². The number of nitrogens with two attached hydrogens (primary N) is 1. The molecule has 3 aromatic rings. The first-order valence-corrected chi connectivity index (χ1v) is 10.0. The van der Waals surface area contributed by atoms with Gasteiger partial charge in [0, 0.05) is 31.0 Å². The fourth-order valence-electron chi connectivity index (χ4n) is 2.78. The molecule has 0 aliphatic rings. The molecule has 1 amide bonds. The Morgan fingerprint density at radius 2 is 1.94 bits per heavy atom. The van der Waals surface area contributed by atoms with Crippen LogP contribution in [0.1, 0.15) is 36.4 Å². The van der Waals surface area contributed by atoms with E-state index in [4.69, 9.17) is 10.6 Å². The molecule has 0 saturated heterocycles. The van der Waals surface area contributed by atoms with Crippen molar-refractivity contribution in [1.29, 1.82) is 0 Å². The zero-order chi connectivity index (χ0) is 23.8. The smallest absolute Gasteiger partial charge is 0.280 e. The Hall–Kier alpha value is -3.35. The van der Waals surface area contributed by atoms with Crippen molar-refractivity contribution < 1.29 is 19.7 Å². The molecule has 0 bridgehead atoms. The Labute approximate surface area is 196 Å². The van der Waals surface area contributed by atoms with Crippen molar-refractivity contribution in [2.45, 2.75) is 20.3 Å². The van der Waals surface area contributed by atoms with Crippen LogP contribution in [0.5, 0.6) is 5.75 Å². The molecule has 0 aliphatic carbocycles. The normalized spacial score (nSPS) is 10.1.